The fraction of sp³-hybridized carbons (Fsp3) is 0.407. The van der Waals surface area contributed by atoms with Crippen molar-refractivity contribution >= 4 is 11.8 Å². The standard InChI is InChI=1S/C27H31N5O4/c1-19-6-9-21(10-7-19)24-17-32-23(18-36-24)26(28-29-32)27(34)31-14-12-30(13-15-31)25(33)11-8-20-4-3-5-22(16-20)35-2/h3-7,9-10,16,24H,8,11-15,17-18H2,1-2H3. The molecule has 36 heavy (non-hydrogen) atoms. The minimum atomic E-state index is -0.155. The molecule has 1 atom stereocenters. The van der Waals surface area contributed by atoms with Crippen LogP contribution in [0.1, 0.15) is 45.4 Å². The molecule has 1 saturated heterocycles. The van der Waals surface area contributed by atoms with Gasteiger partial charge in [0.1, 0.15) is 11.9 Å². The molecule has 1 unspecified atom stereocenters. The lowest BCUT2D eigenvalue weighted by Crippen LogP contribution is -2.50. The zero-order valence-corrected chi connectivity index (χ0v) is 20.7. The number of amides is 2. The van der Waals surface area contributed by atoms with Gasteiger partial charge in [0.15, 0.2) is 5.69 Å². The van der Waals surface area contributed by atoms with Gasteiger partial charge < -0.3 is 19.3 Å². The molecule has 0 aliphatic carbocycles. The maximum atomic E-state index is 13.2. The van der Waals surface area contributed by atoms with E-state index in [9.17, 15) is 9.59 Å². The number of aromatic nitrogens is 3. The Hall–Kier alpha value is -3.72. The Kier molecular flexibility index (Phi) is 6.99. The van der Waals surface area contributed by atoms with Crippen molar-refractivity contribution < 1.29 is 19.1 Å². The summed E-state index contributed by atoms with van der Waals surface area (Å²) in [6.45, 7) is 4.84. The average Bonchev–Trinajstić information content (AvgIpc) is 3.35. The summed E-state index contributed by atoms with van der Waals surface area (Å²) in [6, 6.07) is 16.0. The van der Waals surface area contributed by atoms with Crippen molar-refractivity contribution in [2.45, 2.75) is 39.0 Å². The van der Waals surface area contributed by atoms with Crippen LogP contribution in [0.5, 0.6) is 5.75 Å². The predicted molar refractivity (Wildman–Crippen MR) is 133 cm³/mol. The van der Waals surface area contributed by atoms with Crippen LogP contribution in [0.4, 0.5) is 0 Å². The van der Waals surface area contributed by atoms with Gasteiger partial charge in [-0.3, -0.25) is 9.59 Å². The van der Waals surface area contributed by atoms with E-state index in [1.165, 1.54) is 5.56 Å². The molecule has 1 fully saturated rings. The van der Waals surface area contributed by atoms with Crippen molar-refractivity contribution in [3.8, 4) is 5.75 Å². The first-order chi connectivity index (χ1) is 17.5. The van der Waals surface area contributed by atoms with E-state index in [0.29, 0.717) is 57.0 Å². The van der Waals surface area contributed by atoms with Gasteiger partial charge in [-0.1, -0.05) is 47.2 Å². The van der Waals surface area contributed by atoms with Gasteiger partial charge in [0, 0.05) is 32.6 Å². The molecule has 1 aromatic heterocycles. The van der Waals surface area contributed by atoms with Gasteiger partial charge in [-0.25, -0.2) is 4.68 Å². The van der Waals surface area contributed by atoms with E-state index < -0.39 is 0 Å². The van der Waals surface area contributed by atoms with Crippen LogP contribution in [-0.4, -0.2) is 69.9 Å². The monoisotopic (exact) mass is 489 g/mol. The molecule has 188 valence electrons. The van der Waals surface area contributed by atoms with E-state index in [-0.39, 0.29) is 24.5 Å². The number of hydrogen-bond acceptors (Lipinski definition) is 6. The fourth-order valence-corrected chi connectivity index (χ4v) is 4.71. The first-order valence-electron chi connectivity index (χ1n) is 12.3. The number of ether oxygens (including phenoxy) is 2. The second-order valence-corrected chi connectivity index (χ2v) is 9.30. The molecule has 2 aliphatic heterocycles. The molecule has 2 amide bonds. The third kappa shape index (κ3) is 5.11. The van der Waals surface area contributed by atoms with E-state index in [1.54, 1.807) is 16.7 Å². The summed E-state index contributed by atoms with van der Waals surface area (Å²) in [6.07, 6.45) is 0.971. The Morgan fingerprint density at radius 2 is 1.81 bits per heavy atom. The number of rotatable bonds is 6. The normalized spacial score (nSPS) is 17.6. The highest BCUT2D eigenvalue weighted by atomic mass is 16.5. The molecule has 2 aromatic carbocycles. The van der Waals surface area contributed by atoms with Gasteiger partial charge in [-0.05, 0) is 36.6 Å². The van der Waals surface area contributed by atoms with E-state index in [2.05, 4.69) is 41.5 Å². The lowest BCUT2D eigenvalue weighted by Gasteiger charge is -2.34. The zero-order valence-electron chi connectivity index (χ0n) is 20.7. The van der Waals surface area contributed by atoms with Crippen LogP contribution in [0.3, 0.4) is 0 Å². The van der Waals surface area contributed by atoms with Gasteiger partial charge in [0.2, 0.25) is 5.91 Å². The quantitative estimate of drug-likeness (QED) is 0.529. The van der Waals surface area contributed by atoms with Crippen molar-refractivity contribution in [1.29, 1.82) is 0 Å². The minimum absolute atomic E-state index is 0.0986. The molecule has 0 saturated carbocycles. The number of piperazine rings is 1. The topological polar surface area (TPSA) is 89.8 Å². The maximum Gasteiger partial charge on any atom is 0.276 e. The number of aryl methyl sites for hydroxylation is 2. The number of methoxy groups -OCH3 is 1. The number of carbonyl (C=O) groups excluding carboxylic acids is 2. The Bertz CT molecular complexity index is 1230. The molecule has 3 heterocycles. The highest BCUT2D eigenvalue weighted by Crippen LogP contribution is 2.27. The number of carbonyl (C=O) groups is 2. The third-order valence-electron chi connectivity index (χ3n) is 6.93. The summed E-state index contributed by atoms with van der Waals surface area (Å²) < 4.78 is 13.1. The van der Waals surface area contributed by atoms with Crippen LogP contribution in [-0.2, 0) is 29.1 Å². The van der Waals surface area contributed by atoms with E-state index in [1.807, 2.05) is 29.2 Å². The second-order valence-electron chi connectivity index (χ2n) is 9.30. The molecule has 0 spiro atoms. The smallest absolute Gasteiger partial charge is 0.276 e. The number of hydrogen-bond donors (Lipinski definition) is 0. The molecule has 9 nitrogen and oxygen atoms in total. The summed E-state index contributed by atoms with van der Waals surface area (Å²) >= 11 is 0. The van der Waals surface area contributed by atoms with Crippen molar-refractivity contribution in [2.75, 3.05) is 33.3 Å². The van der Waals surface area contributed by atoms with Crippen molar-refractivity contribution in [2.24, 2.45) is 0 Å². The number of nitrogens with zero attached hydrogens (tertiary/aromatic N) is 5. The molecule has 0 radical (unpaired) electrons. The Balaban J connectivity index is 1.14. The van der Waals surface area contributed by atoms with Gasteiger partial charge in [-0.2, -0.15) is 0 Å². The van der Waals surface area contributed by atoms with Gasteiger partial charge >= 0.3 is 0 Å². The Labute approximate surface area is 210 Å². The highest BCUT2D eigenvalue weighted by Gasteiger charge is 2.32. The largest absolute Gasteiger partial charge is 0.497 e. The summed E-state index contributed by atoms with van der Waals surface area (Å²) in [5.41, 5.74) is 4.40. The first kappa shape index (κ1) is 24.0. The number of benzene rings is 2. The zero-order chi connectivity index (χ0) is 25.1. The van der Waals surface area contributed by atoms with Crippen LogP contribution in [0.15, 0.2) is 48.5 Å². The Morgan fingerprint density at radius 3 is 2.56 bits per heavy atom. The molecule has 5 rings (SSSR count). The van der Waals surface area contributed by atoms with E-state index >= 15 is 0 Å². The van der Waals surface area contributed by atoms with Gasteiger partial charge in [-0.15, -0.1) is 5.10 Å². The van der Waals surface area contributed by atoms with Crippen molar-refractivity contribution in [1.82, 2.24) is 24.8 Å². The molecular formula is C27H31N5O4. The summed E-state index contributed by atoms with van der Waals surface area (Å²) in [7, 11) is 1.63. The van der Waals surface area contributed by atoms with Gasteiger partial charge in [0.25, 0.3) is 5.91 Å². The van der Waals surface area contributed by atoms with Crippen LogP contribution < -0.4 is 4.74 Å². The molecule has 2 aliphatic rings. The predicted octanol–water partition coefficient (Wildman–Crippen LogP) is 2.78. The molecule has 0 bridgehead atoms. The summed E-state index contributed by atoms with van der Waals surface area (Å²) in [4.78, 5) is 29.5. The summed E-state index contributed by atoms with van der Waals surface area (Å²) in [5.74, 6) is 0.734. The molecule has 0 N–H and O–H groups in total. The van der Waals surface area contributed by atoms with Crippen LogP contribution in [0.2, 0.25) is 0 Å². The van der Waals surface area contributed by atoms with Crippen molar-refractivity contribution in [3.05, 3.63) is 76.6 Å². The van der Waals surface area contributed by atoms with Crippen LogP contribution in [0.25, 0.3) is 0 Å². The third-order valence-corrected chi connectivity index (χ3v) is 6.93. The van der Waals surface area contributed by atoms with Gasteiger partial charge in [0.05, 0.1) is 26.0 Å². The average molecular weight is 490 g/mol. The second kappa shape index (κ2) is 10.5. The molecule has 3 aromatic rings. The van der Waals surface area contributed by atoms with Crippen LogP contribution in [0, 0.1) is 6.92 Å². The Morgan fingerprint density at radius 1 is 1.06 bits per heavy atom. The van der Waals surface area contributed by atoms with Crippen molar-refractivity contribution in [3.63, 3.8) is 0 Å². The van der Waals surface area contributed by atoms with E-state index in [0.717, 1.165) is 16.9 Å². The molecule has 9 heteroatoms. The number of fused-ring (bicyclic) bond motifs is 1. The fourth-order valence-electron chi connectivity index (χ4n) is 4.71. The SMILES string of the molecule is COc1cccc(CCC(=O)N2CCN(C(=O)c3nnn4c3COC(c3ccc(C)cc3)C4)CC2)c1. The molecular weight excluding hydrogens is 458 g/mol. The minimum Gasteiger partial charge on any atom is -0.497 e. The summed E-state index contributed by atoms with van der Waals surface area (Å²) in [5, 5.41) is 8.44. The lowest BCUT2D eigenvalue weighted by molar-refractivity contribution is -0.132. The highest BCUT2D eigenvalue weighted by molar-refractivity contribution is 5.93. The van der Waals surface area contributed by atoms with Crippen LogP contribution >= 0.6 is 0 Å². The maximum absolute atomic E-state index is 13.2. The lowest BCUT2D eigenvalue weighted by atomic mass is 10.1. The first-order valence-corrected chi connectivity index (χ1v) is 12.3. The van der Waals surface area contributed by atoms with E-state index in [4.69, 9.17) is 9.47 Å².